The molecular weight excluding hydrogens is 214 g/mol. The van der Waals surface area contributed by atoms with Gasteiger partial charge in [-0.1, -0.05) is 0 Å². The van der Waals surface area contributed by atoms with Crippen molar-refractivity contribution in [3.05, 3.63) is 0 Å². The molecule has 1 aliphatic heterocycles. The van der Waals surface area contributed by atoms with Crippen LogP contribution in [0.3, 0.4) is 0 Å². The highest BCUT2D eigenvalue weighted by atomic mass is 16.5. The number of nitrogens with one attached hydrogen (secondary N) is 1. The Hall–Kier alpha value is -0.630. The number of hydrogen-bond donors (Lipinski definition) is 1. The molecule has 1 rings (SSSR count). The van der Waals surface area contributed by atoms with E-state index in [0.717, 1.165) is 26.1 Å². The van der Waals surface area contributed by atoms with Crippen LogP contribution in [-0.4, -0.2) is 48.8 Å². The molecule has 0 aromatic heterocycles. The number of ether oxygens (including phenoxy) is 1. The molecule has 98 valence electrons. The fourth-order valence-corrected chi connectivity index (χ4v) is 2.37. The van der Waals surface area contributed by atoms with Crippen LogP contribution in [0.15, 0.2) is 0 Å². The molecule has 1 aliphatic rings. The number of hydrogen-bond acceptors (Lipinski definition) is 4. The summed E-state index contributed by atoms with van der Waals surface area (Å²) in [7, 11) is 0. The summed E-state index contributed by atoms with van der Waals surface area (Å²) in [6, 6.07) is 2.65. The molecule has 1 N–H and O–H groups in total. The topological polar surface area (TPSA) is 48.3 Å². The summed E-state index contributed by atoms with van der Waals surface area (Å²) in [5.41, 5.74) is 0. The van der Waals surface area contributed by atoms with Crippen LogP contribution in [0.4, 0.5) is 0 Å². The lowest BCUT2D eigenvalue weighted by Crippen LogP contribution is -2.47. The lowest BCUT2D eigenvalue weighted by atomic mass is 10.1. The van der Waals surface area contributed by atoms with Crippen molar-refractivity contribution >= 4 is 0 Å². The van der Waals surface area contributed by atoms with Crippen molar-refractivity contribution in [2.75, 3.05) is 19.6 Å². The van der Waals surface area contributed by atoms with Crippen LogP contribution in [0.5, 0.6) is 0 Å². The van der Waals surface area contributed by atoms with Gasteiger partial charge in [-0.05, 0) is 34.1 Å². The number of nitriles is 1. The Kier molecular flexibility index (Phi) is 5.90. The molecule has 3 atom stereocenters. The van der Waals surface area contributed by atoms with Crippen molar-refractivity contribution in [2.24, 2.45) is 0 Å². The first-order valence-corrected chi connectivity index (χ1v) is 6.54. The normalized spacial score (nSPS) is 28.0. The maximum atomic E-state index is 9.05. The van der Waals surface area contributed by atoms with Crippen LogP contribution in [0, 0.1) is 11.3 Å². The molecule has 1 heterocycles. The van der Waals surface area contributed by atoms with Crippen molar-refractivity contribution < 1.29 is 4.74 Å². The molecule has 0 aromatic carbocycles. The monoisotopic (exact) mass is 239 g/mol. The molecule has 0 radical (unpaired) electrons. The van der Waals surface area contributed by atoms with E-state index in [0.29, 0.717) is 18.2 Å². The van der Waals surface area contributed by atoms with E-state index in [1.165, 1.54) is 0 Å². The highest BCUT2D eigenvalue weighted by Crippen LogP contribution is 2.11. The van der Waals surface area contributed by atoms with Crippen LogP contribution in [0.25, 0.3) is 0 Å². The lowest BCUT2D eigenvalue weighted by Gasteiger charge is -2.35. The third-order valence-electron chi connectivity index (χ3n) is 2.92. The first kappa shape index (κ1) is 14.4. The highest BCUT2D eigenvalue weighted by molar-refractivity contribution is 4.91. The zero-order chi connectivity index (χ0) is 12.8. The van der Waals surface area contributed by atoms with Gasteiger partial charge < -0.3 is 4.74 Å². The van der Waals surface area contributed by atoms with E-state index in [4.69, 9.17) is 10.00 Å². The molecule has 0 saturated carbocycles. The van der Waals surface area contributed by atoms with Gasteiger partial charge in [-0.25, -0.2) is 0 Å². The number of morpholine rings is 1. The molecule has 4 heteroatoms. The molecule has 0 spiro atoms. The van der Waals surface area contributed by atoms with Gasteiger partial charge in [0.05, 0.1) is 24.3 Å². The predicted molar refractivity (Wildman–Crippen MR) is 68.7 cm³/mol. The second-order valence-corrected chi connectivity index (χ2v) is 5.31. The number of rotatable bonds is 5. The Morgan fingerprint density at radius 3 is 2.41 bits per heavy atom. The molecule has 4 nitrogen and oxygen atoms in total. The second kappa shape index (κ2) is 6.95. The molecule has 0 amide bonds. The highest BCUT2D eigenvalue weighted by Gasteiger charge is 2.22. The Morgan fingerprint density at radius 1 is 1.35 bits per heavy atom. The van der Waals surface area contributed by atoms with Crippen molar-refractivity contribution in [2.45, 2.75) is 58.4 Å². The first-order valence-electron chi connectivity index (χ1n) is 6.54. The van der Waals surface area contributed by atoms with Gasteiger partial charge >= 0.3 is 0 Å². The van der Waals surface area contributed by atoms with Crippen LogP contribution in [0.1, 0.15) is 34.1 Å². The van der Waals surface area contributed by atoms with Gasteiger partial charge in [0.2, 0.25) is 0 Å². The SMILES string of the molecule is CC(C)NC(C#N)CCN1CC(C)OC(C)C1. The fraction of sp³-hybridized carbons (Fsp3) is 0.923. The Bertz CT molecular complexity index is 252. The Labute approximate surface area is 105 Å². The van der Waals surface area contributed by atoms with Gasteiger partial charge in [0.15, 0.2) is 0 Å². The van der Waals surface area contributed by atoms with E-state index in [9.17, 15) is 0 Å². The smallest absolute Gasteiger partial charge is 0.0967 e. The van der Waals surface area contributed by atoms with E-state index in [1.54, 1.807) is 0 Å². The van der Waals surface area contributed by atoms with Crippen molar-refractivity contribution in [1.29, 1.82) is 5.26 Å². The third kappa shape index (κ3) is 5.49. The molecule has 0 aromatic rings. The molecule has 0 bridgehead atoms. The second-order valence-electron chi connectivity index (χ2n) is 5.31. The van der Waals surface area contributed by atoms with E-state index in [-0.39, 0.29) is 6.04 Å². The van der Waals surface area contributed by atoms with Crippen LogP contribution < -0.4 is 5.32 Å². The van der Waals surface area contributed by atoms with Crippen LogP contribution >= 0.6 is 0 Å². The molecular formula is C13H25N3O. The zero-order valence-corrected chi connectivity index (χ0v) is 11.4. The molecule has 1 saturated heterocycles. The average molecular weight is 239 g/mol. The Balaban J connectivity index is 2.31. The maximum Gasteiger partial charge on any atom is 0.0967 e. The summed E-state index contributed by atoms with van der Waals surface area (Å²) < 4.78 is 5.69. The molecule has 17 heavy (non-hydrogen) atoms. The van der Waals surface area contributed by atoms with Crippen molar-refractivity contribution in [1.82, 2.24) is 10.2 Å². The zero-order valence-electron chi connectivity index (χ0n) is 11.4. The fourth-order valence-electron chi connectivity index (χ4n) is 2.37. The lowest BCUT2D eigenvalue weighted by molar-refractivity contribution is -0.0683. The third-order valence-corrected chi connectivity index (χ3v) is 2.92. The van der Waals surface area contributed by atoms with Gasteiger partial charge in [0.1, 0.15) is 0 Å². The number of nitrogens with zero attached hydrogens (tertiary/aromatic N) is 2. The predicted octanol–water partition coefficient (Wildman–Crippen LogP) is 1.38. The minimum absolute atomic E-state index is 0.0385. The largest absolute Gasteiger partial charge is 0.373 e. The molecule has 3 unspecified atom stereocenters. The van der Waals surface area contributed by atoms with E-state index in [1.807, 2.05) is 0 Å². The van der Waals surface area contributed by atoms with Crippen molar-refractivity contribution in [3.8, 4) is 6.07 Å². The van der Waals surface area contributed by atoms with E-state index in [2.05, 4.69) is 44.0 Å². The Morgan fingerprint density at radius 2 is 1.94 bits per heavy atom. The van der Waals surface area contributed by atoms with Gasteiger partial charge in [-0.2, -0.15) is 5.26 Å². The van der Waals surface area contributed by atoms with E-state index < -0.39 is 0 Å². The summed E-state index contributed by atoms with van der Waals surface area (Å²) >= 11 is 0. The summed E-state index contributed by atoms with van der Waals surface area (Å²) in [5, 5.41) is 12.3. The quantitative estimate of drug-likeness (QED) is 0.787. The standard InChI is InChI=1S/C13H25N3O/c1-10(2)15-13(7-14)5-6-16-8-11(3)17-12(4)9-16/h10-13,15H,5-6,8-9H2,1-4H3. The first-order chi connectivity index (χ1) is 8.01. The van der Waals surface area contributed by atoms with Crippen molar-refractivity contribution in [3.63, 3.8) is 0 Å². The van der Waals surface area contributed by atoms with Gasteiger partial charge in [-0.15, -0.1) is 0 Å². The van der Waals surface area contributed by atoms with Crippen LogP contribution in [-0.2, 0) is 4.74 Å². The average Bonchev–Trinajstić information content (AvgIpc) is 2.22. The van der Waals surface area contributed by atoms with Gasteiger partial charge in [0.25, 0.3) is 0 Å². The summed E-state index contributed by atoms with van der Waals surface area (Å²) in [6.07, 6.45) is 1.49. The maximum absolute atomic E-state index is 9.05. The summed E-state index contributed by atoms with van der Waals surface area (Å²) in [5.74, 6) is 0. The minimum atomic E-state index is -0.0385. The van der Waals surface area contributed by atoms with Gasteiger partial charge in [0, 0.05) is 25.7 Å². The van der Waals surface area contributed by atoms with E-state index >= 15 is 0 Å². The summed E-state index contributed by atoms with van der Waals surface area (Å²) in [6.45, 7) is 11.3. The molecule has 1 fully saturated rings. The van der Waals surface area contributed by atoms with Gasteiger partial charge in [-0.3, -0.25) is 10.2 Å². The minimum Gasteiger partial charge on any atom is -0.373 e. The van der Waals surface area contributed by atoms with Crippen LogP contribution in [0.2, 0.25) is 0 Å². The summed E-state index contributed by atoms with van der Waals surface area (Å²) in [4.78, 5) is 2.39. The molecule has 0 aliphatic carbocycles.